The summed E-state index contributed by atoms with van der Waals surface area (Å²) in [7, 11) is 16.6. The molecule has 3 rings (SSSR count). The molecule has 0 saturated carbocycles. The molecule has 0 aromatic carbocycles. The third-order valence-corrected chi connectivity index (χ3v) is 5.95. The van der Waals surface area contributed by atoms with Crippen LogP contribution < -0.4 is 15.8 Å². The Balaban J connectivity index is 1.82. The molecule has 1 amide bonds. The number of amidine groups is 1. The van der Waals surface area contributed by atoms with E-state index in [1.54, 1.807) is 6.92 Å². The highest BCUT2D eigenvalue weighted by Crippen LogP contribution is 2.46. The highest BCUT2D eigenvalue weighted by atomic mass is 32.2. The van der Waals surface area contributed by atoms with Crippen molar-refractivity contribution in [1.29, 1.82) is 0 Å². The van der Waals surface area contributed by atoms with Crippen molar-refractivity contribution < 1.29 is 18.7 Å². The zero-order chi connectivity index (χ0) is 25.9. The number of ether oxygens (including phenoxy) is 2. The standard InChI is InChI=1S/C21H20B3FN6O3S/c1-4-5-33-15-9-27-14(8-28-15)17(32)30-12-6-13(16(25)29-7-12)20(3)10-19(2,35-18(26)31-20)11-34-21(22,23)24/h1,6-9H,5,10-11H2,2-3H3,(H2,26,31)(H,30,32)/t19-,20+/m1/s1. The summed E-state index contributed by atoms with van der Waals surface area (Å²) in [6, 6.07) is 1.44. The number of aromatic nitrogens is 3. The summed E-state index contributed by atoms with van der Waals surface area (Å²) >= 11 is 1.24. The molecule has 3 heterocycles. The molecule has 9 nitrogen and oxygen atoms in total. The number of amides is 1. The van der Waals surface area contributed by atoms with Gasteiger partial charge in [-0.2, -0.15) is 4.39 Å². The largest absolute Gasteiger partial charge is 0.463 e. The maximum atomic E-state index is 14.9. The molecule has 1 aliphatic heterocycles. The normalized spacial score (nSPS) is 22.1. The molecular formula is C21H20B3FN6O3S. The third-order valence-electron chi connectivity index (χ3n) is 4.89. The molecule has 0 bridgehead atoms. The van der Waals surface area contributed by atoms with Crippen molar-refractivity contribution in [1.82, 2.24) is 15.0 Å². The molecule has 174 valence electrons. The van der Waals surface area contributed by atoms with Crippen LogP contribution in [0.3, 0.4) is 0 Å². The Bertz CT molecular complexity index is 1170. The van der Waals surface area contributed by atoms with Crippen LogP contribution >= 0.6 is 11.8 Å². The molecule has 2 aromatic heterocycles. The molecule has 0 aliphatic carbocycles. The Morgan fingerprint density at radius 3 is 2.69 bits per heavy atom. The lowest BCUT2D eigenvalue weighted by Crippen LogP contribution is -2.46. The Morgan fingerprint density at radius 2 is 2.06 bits per heavy atom. The molecule has 0 saturated heterocycles. The predicted octanol–water partition coefficient (Wildman–Crippen LogP) is 0.834. The molecule has 0 unspecified atom stereocenters. The molecular weight excluding hydrogens is 468 g/mol. The van der Waals surface area contributed by atoms with Crippen LogP contribution in [0, 0.1) is 18.3 Å². The predicted molar refractivity (Wildman–Crippen MR) is 134 cm³/mol. The van der Waals surface area contributed by atoms with E-state index in [1.165, 1.54) is 36.4 Å². The molecule has 0 fully saturated rings. The van der Waals surface area contributed by atoms with Gasteiger partial charge >= 0.3 is 0 Å². The number of anilines is 1. The van der Waals surface area contributed by atoms with Crippen LogP contribution in [0.2, 0.25) is 0 Å². The zero-order valence-corrected chi connectivity index (χ0v) is 19.9. The first-order chi connectivity index (χ1) is 16.3. The molecule has 1 aliphatic rings. The average Bonchev–Trinajstić information content (AvgIpc) is 2.76. The Morgan fingerprint density at radius 1 is 1.31 bits per heavy atom. The minimum absolute atomic E-state index is 0.00466. The van der Waals surface area contributed by atoms with Crippen LogP contribution in [-0.2, 0) is 10.3 Å². The van der Waals surface area contributed by atoms with Gasteiger partial charge in [0.2, 0.25) is 11.8 Å². The van der Waals surface area contributed by atoms with Crippen molar-refractivity contribution in [3.05, 3.63) is 41.9 Å². The number of aliphatic imine (C=N–C) groups is 1. The topological polar surface area (TPSA) is 125 Å². The van der Waals surface area contributed by atoms with Gasteiger partial charge in [-0.25, -0.2) is 15.0 Å². The summed E-state index contributed by atoms with van der Waals surface area (Å²) in [5.74, 6) is 1.12. The van der Waals surface area contributed by atoms with Gasteiger partial charge in [-0.05, 0) is 31.6 Å². The van der Waals surface area contributed by atoms with Crippen LogP contribution in [0.5, 0.6) is 5.88 Å². The van der Waals surface area contributed by atoms with Gasteiger partial charge in [0, 0.05) is 10.3 Å². The minimum atomic E-state index is -1.84. The van der Waals surface area contributed by atoms with Gasteiger partial charge < -0.3 is 20.5 Å². The highest BCUT2D eigenvalue weighted by molar-refractivity contribution is 8.15. The second kappa shape index (κ2) is 10.3. The van der Waals surface area contributed by atoms with E-state index in [9.17, 15) is 9.18 Å². The van der Waals surface area contributed by atoms with E-state index in [2.05, 4.69) is 31.2 Å². The maximum absolute atomic E-state index is 14.9. The molecule has 2 aromatic rings. The summed E-state index contributed by atoms with van der Waals surface area (Å²) in [5, 5.41) is 0.987. The SMILES string of the molecule is [B]C([B])([B])OC[C@@]1(C)C[C@@](C)(c2cc(NC(=O)c3cnc(OCC#C)cn3)cnc2F)N=C(N)S1. The number of carbonyl (C=O) groups excluding carboxylic acids is 1. The van der Waals surface area contributed by atoms with Gasteiger partial charge in [0.15, 0.2) is 11.8 Å². The lowest BCUT2D eigenvalue weighted by molar-refractivity contribution is 0.100. The maximum Gasteiger partial charge on any atom is 0.275 e. The van der Waals surface area contributed by atoms with Crippen molar-refractivity contribution in [2.45, 2.75) is 35.9 Å². The molecule has 6 radical (unpaired) electrons. The van der Waals surface area contributed by atoms with Crippen LogP contribution in [0.4, 0.5) is 10.1 Å². The van der Waals surface area contributed by atoms with E-state index in [-0.39, 0.29) is 47.6 Å². The number of pyridine rings is 1. The van der Waals surface area contributed by atoms with Crippen molar-refractivity contribution in [2.75, 3.05) is 18.5 Å². The summed E-state index contributed by atoms with van der Waals surface area (Å²) in [5.41, 5.74) is 5.27. The quantitative estimate of drug-likeness (QED) is 0.319. The number of rotatable bonds is 8. The molecule has 3 N–H and O–H groups in total. The minimum Gasteiger partial charge on any atom is -0.463 e. The first-order valence-electron chi connectivity index (χ1n) is 10.2. The number of halogens is 1. The number of hydrogen-bond donors (Lipinski definition) is 2. The van der Waals surface area contributed by atoms with Crippen LogP contribution in [-0.4, -0.2) is 72.8 Å². The van der Waals surface area contributed by atoms with Gasteiger partial charge in [-0.1, -0.05) is 17.7 Å². The van der Waals surface area contributed by atoms with Gasteiger partial charge in [0.25, 0.3) is 5.91 Å². The number of thioether (sulfide) groups is 1. The van der Waals surface area contributed by atoms with Gasteiger partial charge in [0.1, 0.15) is 5.69 Å². The number of nitrogens with zero attached hydrogens (tertiary/aromatic N) is 4. The first-order valence-corrected chi connectivity index (χ1v) is 11.0. The van der Waals surface area contributed by atoms with E-state index < -0.39 is 27.4 Å². The first kappa shape index (κ1) is 26.6. The Labute approximate surface area is 210 Å². The van der Waals surface area contributed by atoms with E-state index in [4.69, 9.17) is 45.2 Å². The van der Waals surface area contributed by atoms with E-state index in [0.29, 0.717) is 0 Å². The lowest BCUT2D eigenvalue weighted by Gasteiger charge is -2.42. The molecule has 35 heavy (non-hydrogen) atoms. The Kier molecular flexibility index (Phi) is 7.82. The summed E-state index contributed by atoms with van der Waals surface area (Å²) < 4.78 is 24.7. The second-order valence-electron chi connectivity index (χ2n) is 8.34. The number of nitrogens with one attached hydrogen (secondary N) is 1. The second-order valence-corrected chi connectivity index (χ2v) is 9.95. The van der Waals surface area contributed by atoms with Gasteiger partial charge in [0.05, 0.1) is 60.0 Å². The van der Waals surface area contributed by atoms with Gasteiger partial charge in [-0.3, -0.25) is 9.79 Å². The molecule has 2 atom stereocenters. The summed E-state index contributed by atoms with van der Waals surface area (Å²) in [4.78, 5) is 28.8. The van der Waals surface area contributed by atoms with Crippen molar-refractivity contribution >= 4 is 52.1 Å². The average molecular weight is 488 g/mol. The van der Waals surface area contributed by atoms with Crippen molar-refractivity contribution in [3.63, 3.8) is 0 Å². The number of hydrogen-bond acceptors (Lipinski definition) is 9. The van der Waals surface area contributed by atoms with E-state index >= 15 is 0 Å². The zero-order valence-electron chi connectivity index (χ0n) is 19.1. The fourth-order valence-electron chi connectivity index (χ4n) is 3.55. The van der Waals surface area contributed by atoms with Crippen LogP contribution in [0.25, 0.3) is 0 Å². The third kappa shape index (κ3) is 6.99. The van der Waals surface area contributed by atoms with E-state index in [0.717, 1.165) is 0 Å². The number of nitrogens with two attached hydrogens (primary N) is 1. The molecule has 14 heteroatoms. The van der Waals surface area contributed by atoms with Crippen molar-refractivity contribution in [2.24, 2.45) is 10.7 Å². The number of terminal acetylenes is 1. The van der Waals surface area contributed by atoms with E-state index in [1.807, 2.05) is 6.92 Å². The molecule has 0 spiro atoms. The van der Waals surface area contributed by atoms with Crippen LogP contribution in [0.1, 0.15) is 36.3 Å². The fraction of sp³-hybridized carbons (Fsp3) is 0.381. The smallest absolute Gasteiger partial charge is 0.275 e. The van der Waals surface area contributed by atoms with Crippen LogP contribution in [0.15, 0.2) is 29.6 Å². The lowest BCUT2D eigenvalue weighted by atomic mass is 9.52. The fourth-order valence-corrected chi connectivity index (χ4v) is 4.77. The highest BCUT2D eigenvalue weighted by Gasteiger charge is 2.44. The Hall–Kier alpha value is -3.04. The number of carbonyl (C=O) groups is 1. The van der Waals surface area contributed by atoms with Gasteiger partial charge in [-0.15, -0.1) is 6.42 Å². The monoisotopic (exact) mass is 488 g/mol. The van der Waals surface area contributed by atoms with Crippen molar-refractivity contribution in [3.8, 4) is 18.2 Å². The summed E-state index contributed by atoms with van der Waals surface area (Å²) in [6.45, 7) is 3.59. The summed E-state index contributed by atoms with van der Waals surface area (Å²) in [6.07, 6.45) is 9.07.